The summed E-state index contributed by atoms with van der Waals surface area (Å²) in [6.45, 7) is 12.4. The Morgan fingerprint density at radius 1 is 1.03 bits per heavy atom. The molecule has 1 aliphatic carbocycles. The van der Waals surface area contributed by atoms with Crippen LogP contribution in [0.4, 0.5) is 5.69 Å². The summed E-state index contributed by atoms with van der Waals surface area (Å²) in [5.74, 6) is 0.561. The first-order valence-electron chi connectivity index (χ1n) is 12.1. The van der Waals surface area contributed by atoms with Crippen LogP contribution in [0, 0.1) is 5.92 Å². The highest BCUT2D eigenvalue weighted by atomic mass is 16.1. The third-order valence-electron chi connectivity index (χ3n) is 6.53. The number of aliphatic imine (C=N–C) groups is 1. The van der Waals surface area contributed by atoms with Crippen molar-refractivity contribution in [3.8, 4) is 11.3 Å². The molecular formula is C28H35N3O. The van der Waals surface area contributed by atoms with E-state index in [1.54, 1.807) is 0 Å². The number of para-hydroxylation sites is 1. The van der Waals surface area contributed by atoms with Crippen LogP contribution in [0.25, 0.3) is 11.3 Å². The summed E-state index contributed by atoms with van der Waals surface area (Å²) in [5, 5.41) is 0. The molecular weight excluding hydrogens is 394 g/mol. The van der Waals surface area contributed by atoms with E-state index < -0.39 is 0 Å². The molecule has 0 saturated heterocycles. The highest BCUT2D eigenvalue weighted by Gasteiger charge is 2.26. The lowest BCUT2D eigenvalue weighted by molar-refractivity contribution is 0.290. The van der Waals surface area contributed by atoms with Gasteiger partial charge in [0.1, 0.15) is 0 Å². The number of nitrogens with zero attached hydrogens (tertiary/aromatic N) is 3. The summed E-state index contributed by atoms with van der Waals surface area (Å²) in [5.41, 5.74) is 7.44. The Kier molecular flexibility index (Phi) is 6.90. The lowest BCUT2D eigenvalue weighted by atomic mass is 9.95. The lowest BCUT2D eigenvalue weighted by Crippen LogP contribution is -2.30. The van der Waals surface area contributed by atoms with Gasteiger partial charge in [-0.3, -0.25) is 9.79 Å². The summed E-state index contributed by atoms with van der Waals surface area (Å²) in [6, 6.07) is 16.9. The third-order valence-corrected chi connectivity index (χ3v) is 6.53. The maximum Gasteiger partial charge on any atom is 0.260 e. The van der Waals surface area contributed by atoms with Gasteiger partial charge in [-0.2, -0.15) is 0 Å². The van der Waals surface area contributed by atoms with Gasteiger partial charge in [-0.05, 0) is 67.6 Å². The molecule has 2 aliphatic heterocycles. The summed E-state index contributed by atoms with van der Waals surface area (Å²) in [7, 11) is 0. The number of rotatable bonds is 8. The minimum absolute atomic E-state index is 0.104. The average Bonchev–Trinajstić information content (AvgIpc) is 2.91. The summed E-state index contributed by atoms with van der Waals surface area (Å²) >= 11 is 0. The first-order valence-corrected chi connectivity index (χ1v) is 12.1. The van der Waals surface area contributed by atoms with Crippen LogP contribution in [0.3, 0.4) is 0 Å². The first kappa shape index (κ1) is 22.5. The Morgan fingerprint density at radius 2 is 1.81 bits per heavy atom. The van der Waals surface area contributed by atoms with E-state index in [0.717, 1.165) is 67.1 Å². The minimum atomic E-state index is 0.104. The average molecular weight is 430 g/mol. The van der Waals surface area contributed by atoms with Crippen LogP contribution >= 0.6 is 0 Å². The van der Waals surface area contributed by atoms with Crippen LogP contribution < -0.4 is 5.56 Å². The Bertz CT molecular complexity index is 1140. The standard InChI is InChI=1S/C28H35N3O/c1-5-30(6-2)16-17-31-26-13-9-10-21(18-20(3)4)19-23(26)27(28(31)32)25-15-14-22-11-7-8-12-24(22)29-25/h7-13,19-20H,5-6,14-18H2,1-4H3. The van der Waals surface area contributed by atoms with E-state index >= 15 is 0 Å². The Balaban J connectivity index is 1.85. The van der Waals surface area contributed by atoms with E-state index in [4.69, 9.17) is 4.99 Å². The molecule has 0 aromatic heterocycles. The van der Waals surface area contributed by atoms with Crippen molar-refractivity contribution >= 4 is 11.4 Å². The van der Waals surface area contributed by atoms with Crippen molar-refractivity contribution in [3.63, 3.8) is 0 Å². The molecule has 4 heteroatoms. The predicted octanol–water partition coefficient (Wildman–Crippen LogP) is 5.56. The highest BCUT2D eigenvalue weighted by Crippen LogP contribution is 2.32. The van der Waals surface area contributed by atoms with Crippen LogP contribution in [0.5, 0.6) is 0 Å². The zero-order chi connectivity index (χ0) is 22.7. The van der Waals surface area contributed by atoms with Crippen LogP contribution in [0.2, 0.25) is 0 Å². The van der Waals surface area contributed by atoms with Crippen molar-refractivity contribution < 1.29 is 0 Å². The molecule has 0 saturated carbocycles. The predicted molar refractivity (Wildman–Crippen MR) is 135 cm³/mol. The fourth-order valence-electron chi connectivity index (χ4n) is 4.80. The van der Waals surface area contributed by atoms with Gasteiger partial charge >= 0.3 is 0 Å². The zero-order valence-electron chi connectivity index (χ0n) is 19.9. The molecule has 0 unspecified atom stereocenters. The van der Waals surface area contributed by atoms with Crippen molar-refractivity contribution in [1.82, 2.24) is 9.47 Å². The number of likely N-dealkylation sites (N-methyl/N-ethyl adjacent to an activating group) is 1. The molecule has 0 amide bonds. The van der Waals surface area contributed by atoms with Gasteiger partial charge in [0, 0.05) is 18.7 Å². The molecule has 168 valence electrons. The van der Waals surface area contributed by atoms with Crippen molar-refractivity contribution in [1.29, 1.82) is 0 Å². The first-order chi connectivity index (χ1) is 15.5. The van der Waals surface area contributed by atoms with Crippen LogP contribution in [0.15, 0.2) is 58.3 Å². The number of hydrogen-bond donors (Lipinski definition) is 0. The quantitative estimate of drug-likeness (QED) is 0.470. The molecule has 3 aliphatic rings. The normalized spacial score (nSPS) is 13.6. The van der Waals surface area contributed by atoms with Gasteiger partial charge in [-0.25, -0.2) is 0 Å². The number of fused-ring (bicyclic) bond motifs is 2. The fourth-order valence-corrected chi connectivity index (χ4v) is 4.80. The maximum absolute atomic E-state index is 13.8. The second-order valence-corrected chi connectivity index (χ2v) is 9.19. The lowest BCUT2D eigenvalue weighted by Gasteiger charge is -2.18. The van der Waals surface area contributed by atoms with E-state index in [1.807, 2.05) is 10.6 Å². The smallest absolute Gasteiger partial charge is 0.260 e. The van der Waals surface area contributed by atoms with Crippen molar-refractivity contribution in [2.24, 2.45) is 10.9 Å². The SMILES string of the molecule is CCN(CC)CCn1c2cccc(CC(C)C)cc-2c(C2=Nc3ccccc3CC2)c1=O. The summed E-state index contributed by atoms with van der Waals surface area (Å²) in [4.78, 5) is 21.1. The second kappa shape index (κ2) is 9.83. The van der Waals surface area contributed by atoms with Gasteiger partial charge in [-0.15, -0.1) is 0 Å². The Labute approximate surface area is 192 Å². The third kappa shape index (κ3) is 4.56. The van der Waals surface area contributed by atoms with E-state index in [1.165, 1.54) is 11.1 Å². The highest BCUT2D eigenvalue weighted by molar-refractivity contribution is 6.08. The molecule has 1 aromatic carbocycles. The fraction of sp³-hybridized carbons (Fsp3) is 0.429. The van der Waals surface area contributed by atoms with Gasteiger partial charge in [0.2, 0.25) is 0 Å². The molecule has 0 radical (unpaired) electrons. The van der Waals surface area contributed by atoms with Gasteiger partial charge < -0.3 is 9.47 Å². The van der Waals surface area contributed by atoms with Crippen molar-refractivity contribution in [2.75, 3.05) is 19.6 Å². The molecule has 0 atom stereocenters. The minimum Gasteiger partial charge on any atom is -0.306 e. The van der Waals surface area contributed by atoms with Crippen molar-refractivity contribution in [2.45, 2.75) is 53.5 Å². The molecule has 2 heterocycles. The van der Waals surface area contributed by atoms with Gasteiger partial charge in [0.15, 0.2) is 0 Å². The summed E-state index contributed by atoms with van der Waals surface area (Å²) < 4.78 is 1.98. The van der Waals surface area contributed by atoms with Crippen LogP contribution in [0.1, 0.15) is 50.8 Å². The molecule has 32 heavy (non-hydrogen) atoms. The molecule has 0 fully saturated rings. The summed E-state index contributed by atoms with van der Waals surface area (Å²) in [6.07, 6.45) is 2.73. The van der Waals surface area contributed by atoms with Gasteiger partial charge in [-0.1, -0.05) is 58.0 Å². The molecule has 4 rings (SSSR count). The van der Waals surface area contributed by atoms with Crippen LogP contribution in [-0.4, -0.2) is 34.8 Å². The Morgan fingerprint density at radius 3 is 2.56 bits per heavy atom. The molecule has 0 spiro atoms. The van der Waals surface area contributed by atoms with E-state index in [-0.39, 0.29) is 5.56 Å². The number of aryl methyl sites for hydroxylation is 1. The maximum atomic E-state index is 13.8. The Hall–Kier alpha value is -2.72. The number of aromatic nitrogens is 1. The van der Waals surface area contributed by atoms with E-state index in [2.05, 4.69) is 75.1 Å². The topological polar surface area (TPSA) is 37.6 Å². The monoisotopic (exact) mass is 429 g/mol. The van der Waals surface area contributed by atoms with E-state index in [9.17, 15) is 4.79 Å². The van der Waals surface area contributed by atoms with Crippen molar-refractivity contribution in [3.05, 3.63) is 75.6 Å². The number of hydrogen-bond acceptors (Lipinski definition) is 3. The molecule has 1 aromatic rings. The van der Waals surface area contributed by atoms with E-state index in [0.29, 0.717) is 12.5 Å². The van der Waals surface area contributed by atoms with Gasteiger partial charge in [0.25, 0.3) is 5.56 Å². The largest absolute Gasteiger partial charge is 0.306 e. The second-order valence-electron chi connectivity index (χ2n) is 9.19. The van der Waals surface area contributed by atoms with Crippen LogP contribution in [-0.2, 0) is 19.4 Å². The molecule has 0 bridgehead atoms. The zero-order valence-corrected chi connectivity index (χ0v) is 19.9. The van der Waals surface area contributed by atoms with Gasteiger partial charge in [0.05, 0.1) is 22.7 Å². The molecule has 4 nitrogen and oxygen atoms in total. The molecule has 0 N–H and O–H groups in total. The number of benzene rings is 1.